The number of aromatic amines is 1. The van der Waals surface area contributed by atoms with Crippen molar-refractivity contribution in [3.05, 3.63) is 41.7 Å². The number of amides is 1. The Kier molecular flexibility index (Phi) is 8.54. The van der Waals surface area contributed by atoms with Crippen molar-refractivity contribution in [1.29, 1.82) is 0 Å². The van der Waals surface area contributed by atoms with Crippen LogP contribution in [0.25, 0.3) is 0 Å². The van der Waals surface area contributed by atoms with Gasteiger partial charge in [-0.25, -0.2) is 5.10 Å². The zero-order chi connectivity index (χ0) is 17.8. The molecule has 4 rings (SSSR count). The Balaban J connectivity index is 0.00000140. The van der Waals surface area contributed by atoms with Crippen LogP contribution in [-0.4, -0.2) is 65.3 Å². The summed E-state index contributed by atoms with van der Waals surface area (Å²) in [5, 5.41) is 10.2. The van der Waals surface area contributed by atoms with Crippen molar-refractivity contribution >= 4 is 36.7 Å². The number of piperazine rings is 1. The van der Waals surface area contributed by atoms with Gasteiger partial charge in [-0.1, -0.05) is 24.3 Å². The molecule has 1 aromatic heterocycles. The Morgan fingerprint density at radius 2 is 1.79 bits per heavy atom. The third-order valence-corrected chi connectivity index (χ3v) is 5.40. The van der Waals surface area contributed by atoms with E-state index >= 15 is 0 Å². The van der Waals surface area contributed by atoms with Gasteiger partial charge < -0.3 is 15.1 Å². The van der Waals surface area contributed by atoms with E-state index < -0.39 is 0 Å². The van der Waals surface area contributed by atoms with E-state index in [-0.39, 0.29) is 30.7 Å². The molecule has 2 saturated heterocycles. The highest BCUT2D eigenvalue weighted by Gasteiger charge is 2.22. The minimum absolute atomic E-state index is 0. The molecule has 0 saturated carbocycles. The van der Waals surface area contributed by atoms with Gasteiger partial charge in [-0.15, -0.1) is 24.8 Å². The van der Waals surface area contributed by atoms with Crippen LogP contribution in [0.4, 0.5) is 5.95 Å². The molecular weight excluding hydrogens is 399 g/mol. The second-order valence-corrected chi connectivity index (χ2v) is 7.23. The van der Waals surface area contributed by atoms with E-state index in [4.69, 9.17) is 0 Å². The largest absolute Gasteiger partial charge is 0.339 e. The molecule has 3 heterocycles. The van der Waals surface area contributed by atoms with Crippen LogP contribution in [0.5, 0.6) is 0 Å². The summed E-state index contributed by atoms with van der Waals surface area (Å²) in [6, 6.07) is 8.59. The van der Waals surface area contributed by atoms with Crippen molar-refractivity contribution in [3.8, 4) is 0 Å². The molecule has 9 heteroatoms. The molecule has 0 radical (unpaired) electrons. The summed E-state index contributed by atoms with van der Waals surface area (Å²) in [7, 11) is 0. The number of H-pyrrole nitrogens is 1. The molecule has 1 aromatic carbocycles. The highest BCUT2D eigenvalue weighted by Crippen LogP contribution is 2.16. The van der Waals surface area contributed by atoms with Gasteiger partial charge in [0.05, 0.1) is 6.42 Å². The number of nitrogens with one attached hydrogen (secondary N) is 2. The third-order valence-electron chi connectivity index (χ3n) is 5.40. The maximum absolute atomic E-state index is 12.6. The van der Waals surface area contributed by atoms with E-state index in [0.29, 0.717) is 6.42 Å². The molecule has 0 aliphatic carbocycles. The number of carbonyl (C=O) groups excluding carboxylic acids is 1. The van der Waals surface area contributed by atoms with Gasteiger partial charge in [-0.05, 0) is 43.0 Å². The molecule has 1 atom stereocenters. The lowest BCUT2D eigenvalue weighted by molar-refractivity contribution is -0.130. The normalized spacial score (nSPS) is 19.1. The number of anilines is 1. The van der Waals surface area contributed by atoms with Crippen LogP contribution >= 0.6 is 24.8 Å². The average molecular weight is 427 g/mol. The Morgan fingerprint density at radius 3 is 2.39 bits per heavy atom. The molecule has 2 N–H and O–H groups in total. The number of carbonyl (C=O) groups is 1. The molecule has 0 spiro atoms. The van der Waals surface area contributed by atoms with Crippen LogP contribution in [0, 0.1) is 5.92 Å². The molecule has 28 heavy (non-hydrogen) atoms. The van der Waals surface area contributed by atoms with Crippen molar-refractivity contribution < 1.29 is 4.79 Å². The summed E-state index contributed by atoms with van der Waals surface area (Å²) in [6.07, 6.45) is 4.39. The van der Waals surface area contributed by atoms with Crippen LogP contribution in [0.2, 0.25) is 0 Å². The third kappa shape index (κ3) is 5.59. The van der Waals surface area contributed by atoms with Gasteiger partial charge in [0.15, 0.2) is 0 Å². The zero-order valence-electron chi connectivity index (χ0n) is 15.8. The van der Waals surface area contributed by atoms with Gasteiger partial charge in [0.1, 0.15) is 6.33 Å². The lowest BCUT2D eigenvalue weighted by Crippen LogP contribution is -2.49. The lowest BCUT2D eigenvalue weighted by Gasteiger charge is -2.34. The van der Waals surface area contributed by atoms with Crippen LogP contribution < -0.4 is 10.2 Å². The second-order valence-electron chi connectivity index (χ2n) is 7.23. The van der Waals surface area contributed by atoms with Crippen molar-refractivity contribution in [1.82, 2.24) is 25.4 Å². The van der Waals surface area contributed by atoms with Crippen LogP contribution in [0.1, 0.15) is 17.5 Å². The van der Waals surface area contributed by atoms with Gasteiger partial charge in [-0.3, -0.25) is 4.79 Å². The highest BCUT2D eigenvalue weighted by molar-refractivity contribution is 5.85. The topological polar surface area (TPSA) is 77.2 Å². The molecule has 2 aliphatic heterocycles. The van der Waals surface area contributed by atoms with Crippen LogP contribution in [0.15, 0.2) is 30.6 Å². The first-order chi connectivity index (χ1) is 12.8. The fourth-order valence-electron chi connectivity index (χ4n) is 3.82. The molecular formula is C19H28Cl2N6O. The Bertz CT molecular complexity index is 711. The number of halogens is 2. The number of aromatic nitrogens is 3. The smallest absolute Gasteiger partial charge is 0.227 e. The van der Waals surface area contributed by atoms with Crippen LogP contribution in [-0.2, 0) is 17.6 Å². The summed E-state index contributed by atoms with van der Waals surface area (Å²) in [6.45, 7) is 5.30. The van der Waals surface area contributed by atoms with Gasteiger partial charge >= 0.3 is 0 Å². The first-order valence-electron chi connectivity index (χ1n) is 9.44. The Labute approximate surface area is 178 Å². The highest BCUT2D eigenvalue weighted by atomic mass is 35.5. The number of nitrogens with zero attached hydrogens (tertiary/aromatic N) is 4. The molecule has 154 valence electrons. The molecule has 2 aliphatic rings. The molecule has 2 fully saturated rings. The van der Waals surface area contributed by atoms with Gasteiger partial charge in [0, 0.05) is 26.2 Å². The van der Waals surface area contributed by atoms with E-state index in [1.165, 1.54) is 18.3 Å². The van der Waals surface area contributed by atoms with E-state index in [2.05, 4.69) is 49.7 Å². The lowest BCUT2D eigenvalue weighted by atomic mass is 9.97. The van der Waals surface area contributed by atoms with Crippen molar-refractivity contribution in [2.24, 2.45) is 5.92 Å². The van der Waals surface area contributed by atoms with Gasteiger partial charge in [-0.2, -0.15) is 10.1 Å². The summed E-state index contributed by atoms with van der Waals surface area (Å²) in [5.41, 5.74) is 2.47. The van der Waals surface area contributed by atoms with Crippen LogP contribution in [0.3, 0.4) is 0 Å². The summed E-state index contributed by atoms with van der Waals surface area (Å²) >= 11 is 0. The quantitative estimate of drug-likeness (QED) is 0.760. The average Bonchev–Trinajstić information content (AvgIpc) is 3.37. The van der Waals surface area contributed by atoms with Crippen molar-refractivity contribution in [2.75, 3.05) is 44.2 Å². The number of benzene rings is 1. The SMILES string of the molecule is Cl.Cl.O=C(Cc1ccc(CC2CCNC2)cc1)N1CCN(c2ncn[nH]2)CC1. The van der Waals surface area contributed by atoms with E-state index in [1.54, 1.807) is 0 Å². The minimum atomic E-state index is 0. The Morgan fingerprint density at radius 1 is 1.07 bits per heavy atom. The summed E-state index contributed by atoms with van der Waals surface area (Å²) < 4.78 is 0. The first kappa shape index (κ1) is 22.5. The Hall–Kier alpha value is -1.83. The van der Waals surface area contributed by atoms with E-state index in [1.807, 2.05) is 4.90 Å². The van der Waals surface area contributed by atoms with E-state index in [9.17, 15) is 4.79 Å². The summed E-state index contributed by atoms with van der Waals surface area (Å²) in [5.74, 6) is 1.74. The first-order valence-corrected chi connectivity index (χ1v) is 9.44. The maximum Gasteiger partial charge on any atom is 0.227 e. The zero-order valence-corrected chi connectivity index (χ0v) is 17.5. The molecule has 2 aromatic rings. The maximum atomic E-state index is 12.6. The predicted molar refractivity (Wildman–Crippen MR) is 114 cm³/mol. The van der Waals surface area contributed by atoms with Crippen molar-refractivity contribution in [2.45, 2.75) is 19.3 Å². The van der Waals surface area contributed by atoms with Gasteiger partial charge in [0.2, 0.25) is 11.9 Å². The standard InChI is InChI=1S/C19H26N6O.2ClH/c26-18(24-7-9-25(10-8-24)19-21-14-22-23-19)12-16-3-1-15(2-4-16)11-17-5-6-20-13-17;;/h1-4,14,17,20H,5-13H2,(H,21,22,23);2*1H. The van der Waals surface area contributed by atoms with Gasteiger partial charge in [0.25, 0.3) is 0 Å². The minimum Gasteiger partial charge on any atom is -0.339 e. The van der Waals surface area contributed by atoms with E-state index in [0.717, 1.165) is 63.1 Å². The fourth-order valence-corrected chi connectivity index (χ4v) is 3.82. The second kappa shape index (κ2) is 10.6. The molecule has 7 nitrogen and oxygen atoms in total. The summed E-state index contributed by atoms with van der Waals surface area (Å²) in [4.78, 5) is 20.8. The number of hydrogen-bond acceptors (Lipinski definition) is 5. The number of hydrogen-bond donors (Lipinski definition) is 2. The monoisotopic (exact) mass is 426 g/mol. The predicted octanol–water partition coefficient (Wildman–Crippen LogP) is 1.69. The number of rotatable bonds is 5. The molecule has 1 unspecified atom stereocenters. The molecule has 1 amide bonds. The van der Waals surface area contributed by atoms with Crippen molar-refractivity contribution in [3.63, 3.8) is 0 Å². The molecule has 0 bridgehead atoms. The fraction of sp³-hybridized carbons (Fsp3) is 0.526.